The van der Waals surface area contributed by atoms with Gasteiger partial charge in [0.25, 0.3) is 5.91 Å². The van der Waals surface area contributed by atoms with Crippen LogP contribution < -0.4 is 5.32 Å². The van der Waals surface area contributed by atoms with Gasteiger partial charge in [-0.25, -0.2) is 0 Å². The lowest BCUT2D eigenvalue weighted by Gasteiger charge is -2.23. The average Bonchev–Trinajstić information content (AvgIpc) is 3.20. The normalized spacial score (nSPS) is 17.1. The van der Waals surface area contributed by atoms with Crippen LogP contribution in [0.3, 0.4) is 0 Å². The summed E-state index contributed by atoms with van der Waals surface area (Å²) in [6.07, 6.45) is 1.50. The Kier molecular flexibility index (Phi) is 4.66. The van der Waals surface area contributed by atoms with Crippen molar-refractivity contribution < 1.29 is 14.0 Å². The highest BCUT2D eigenvalue weighted by Gasteiger charge is 2.36. The molecule has 1 aromatic carbocycles. The Morgan fingerprint density at radius 2 is 2.04 bits per heavy atom. The fraction of sp³-hybridized carbons (Fsp3) is 0.333. The number of hydrogen-bond donors (Lipinski definition) is 1. The maximum absolute atomic E-state index is 12.7. The molecule has 6 heteroatoms. The molecule has 24 heavy (non-hydrogen) atoms. The SMILES string of the molecule is Cc1cccc(NC(=O)C2CSCN2C(=O)c2ccoc2C)c1C. The Morgan fingerprint density at radius 3 is 2.75 bits per heavy atom. The number of carbonyl (C=O) groups is 2. The lowest BCUT2D eigenvalue weighted by molar-refractivity contribution is -0.119. The van der Waals surface area contributed by atoms with Crippen molar-refractivity contribution in [1.82, 2.24) is 4.90 Å². The van der Waals surface area contributed by atoms with E-state index in [1.807, 2.05) is 32.0 Å². The van der Waals surface area contributed by atoms with Crippen LogP contribution in [0.25, 0.3) is 0 Å². The van der Waals surface area contributed by atoms with E-state index in [1.54, 1.807) is 29.7 Å². The molecular formula is C18H20N2O3S. The smallest absolute Gasteiger partial charge is 0.258 e. The summed E-state index contributed by atoms with van der Waals surface area (Å²) in [4.78, 5) is 27.0. The molecule has 1 unspecified atom stereocenters. The second-order valence-corrected chi connectivity index (χ2v) is 6.92. The first-order chi connectivity index (χ1) is 11.5. The van der Waals surface area contributed by atoms with Crippen LogP contribution in [0, 0.1) is 20.8 Å². The summed E-state index contributed by atoms with van der Waals surface area (Å²) in [7, 11) is 0. The molecule has 1 atom stereocenters. The quantitative estimate of drug-likeness (QED) is 0.927. The van der Waals surface area contributed by atoms with Crippen LogP contribution in [0.1, 0.15) is 27.2 Å². The van der Waals surface area contributed by atoms with Gasteiger partial charge in [0, 0.05) is 11.4 Å². The minimum absolute atomic E-state index is 0.150. The zero-order valence-electron chi connectivity index (χ0n) is 14.0. The number of carbonyl (C=O) groups excluding carboxylic acids is 2. The molecule has 2 heterocycles. The van der Waals surface area contributed by atoms with Crippen molar-refractivity contribution in [1.29, 1.82) is 0 Å². The standard InChI is InChI=1S/C18H20N2O3S/c1-11-5-4-6-15(12(11)2)19-17(21)16-9-24-10-20(16)18(22)14-7-8-23-13(14)3/h4-8,16H,9-10H2,1-3H3,(H,19,21). The van der Waals surface area contributed by atoms with Gasteiger partial charge in [-0.1, -0.05) is 12.1 Å². The molecule has 126 valence electrons. The predicted molar refractivity (Wildman–Crippen MR) is 95.3 cm³/mol. The molecular weight excluding hydrogens is 324 g/mol. The fourth-order valence-corrected chi connectivity index (χ4v) is 3.88. The molecule has 1 aromatic heterocycles. The van der Waals surface area contributed by atoms with Crippen molar-refractivity contribution in [2.24, 2.45) is 0 Å². The van der Waals surface area contributed by atoms with Gasteiger partial charge in [0.15, 0.2) is 0 Å². The van der Waals surface area contributed by atoms with Crippen molar-refractivity contribution in [3.05, 3.63) is 53.0 Å². The number of aryl methyl sites for hydroxylation is 2. The number of benzene rings is 1. The van der Waals surface area contributed by atoms with Gasteiger partial charge in [-0.2, -0.15) is 0 Å². The Hall–Kier alpha value is -2.21. The zero-order valence-corrected chi connectivity index (χ0v) is 14.8. The summed E-state index contributed by atoms with van der Waals surface area (Å²) in [6.45, 7) is 5.74. The first kappa shape index (κ1) is 16.6. The number of nitrogens with zero attached hydrogens (tertiary/aromatic N) is 1. The van der Waals surface area contributed by atoms with Crippen molar-refractivity contribution in [2.45, 2.75) is 26.8 Å². The molecule has 1 saturated heterocycles. The van der Waals surface area contributed by atoms with Crippen molar-refractivity contribution in [3.63, 3.8) is 0 Å². The van der Waals surface area contributed by atoms with Gasteiger partial charge in [-0.3, -0.25) is 9.59 Å². The molecule has 1 aliphatic heterocycles. The molecule has 0 aliphatic carbocycles. The second-order valence-electron chi connectivity index (χ2n) is 5.92. The third-order valence-electron chi connectivity index (χ3n) is 4.40. The van der Waals surface area contributed by atoms with Gasteiger partial charge < -0.3 is 14.6 Å². The highest BCUT2D eigenvalue weighted by molar-refractivity contribution is 7.99. The molecule has 1 fully saturated rings. The highest BCUT2D eigenvalue weighted by atomic mass is 32.2. The monoisotopic (exact) mass is 344 g/mol. The fourth-order valence-electron chi connectivity index (χ4n) is 2.72. The highest BCUT2D eigenvalue weighted by Crippen LogP contribution is 2.26. The van der Waals surface area contributed by atoms with Gasteiger partial charge in [-0.15, -0.1) is 11.8 Å². The third kappa shape index (κ3) is 3.06. The van der Waals surface area contributed by atoms with Gasteiger partial charge in [0.05, 0.1) is 17.7 Å². The number of hydrogen-bond acceptors (Lipinski definition) is 4. The molecule has 0 saturated carbocycles. The lowest BCUT2D eigenvalue weighted by atomic mass is 10.1. The maximum Gasteiger partial charge on any atom is 0.258 e. The topological polar surface area (TPSA) is 62.6 Å². The van der Waals surface area contributed by atoms with Crippen molar-refractivity contribution in [3.8, 4) is 0 Å². The molecule has 2 aromatic rings. The first-order valence-corrected chi connectivity index (χ1v) is 8.94. The van der Waals surface area contributed by atoms with Crippen LogP contribution in [0.2, 0.25) is 0 Å². The van der Waals surface area contributed by atoms with E-state index in [4.69, 9.17) is 4.42 Å². The van der Waals surface area contributed by atoms with Gasteiger partial charge in [0.2, 0.25) is 5.91 Å². The first-order valence-electron chi connectivity index (χ1n) is 7.79. The minimum atomic E-state index is -0.475. The molecule has 0 radical (unpaired) electrons. The summed E-state index contributed by atoms with van der Waals surface area (Å²) < 4.78 is 5.21. The van der Waals surface area contributed by atoms with Gasteiger partial charge in [-0.05, 0) is 44.0 Å². The van der Waals surface area contributed by atoms with Crippen LogP contribution in [0.4, 0.5) is 5.69 Å². The van der Waals surface area contributed by atoms with E-state index in [-0.39, 0.29) is 11.8 Å². The van der Waals surface area contributed by atoms with E-state index in [2.05, 4.69) is 5.32 Å². The van der Waals surface area contributed by atoms with Crippen molar-refractivity contribution >= 4 is 29.3 Å². The van der Waals surface area contributed by atoms with E-state index < -0.39 is 6.04 Å². The zero-order chi connectivity index (χ0) is 17.3. The van der Waals surface area contributed by atoms with E-state index in [0.717, 1.165) is 16.8 Å². The Bertz CT molecular complexity index is 784. The van der Waals surface area contributed by atoms with Crippen LogP contribution in [0.15, 0.2) is 34.9 Å². The van der Waals surface area contributed by atoms with E-state index in [9.17, 15) is 9.59 Å². The Balaban J connectivity index is 1.78. The molecule has 1 N–H and O–H groups in total. The van der Waals surface area contributed by atoms with Crippen LogP contribution in [0.5, 0.6) is 0 Å². The maximum atomic E-state index is 12.7. The number of anilines is 1. The number of furan rings is 1. The minimum Gasteiger partial charge on any atom is -0.469 e. The lowest BCUT2D eigenvalue weighted by Crippen LogP contribution is -2.44. The molecule has 0 spiro atoms. The predicted octanol–water partition coefficient (Wildman–Crippen LogP) is 3.36. The molecule has 3 rings (SSSR count). The summed E-state index contributed by atoms with van der Waals surface area (Å²) in [5.41, 5.74) is 3.47. The third-order valence-corrected chi connectivity index (χ3v) is 5.41. The van der Waals surface area contributed by atoms with Crippen LogP contribution in [-0.2, 0) is 4.79 Å². The number of thioether (sulfide) groups is 1. The molecule has 2 amide bonds. The number of rotatable bonds is 3. The van der Waals surface area contributed by atoms with E-state index in [0.29, 0.717) is 23.0 Å². The Morgan fingerprint density at radius 1 is 1.25 bits per heavy atom. The molecule has 5 nitrogen and oxygen atoms in total. The van der Waals surface area contributed by atoms with Gasteiger partial charge >= 0.3 is 0 Å². The number of amides is 2. The molecule has 1 aliphatic rings. The summed E-state index contributed by atoms with van der Waals surface area (Å²) >= 11 is 1.58. The summed E-state index contributed by atoms with van der Waals surface area (Å²) in [5, 5.41) is 2.97. The summed E-state index contributed by atoms with van der Waals surface area (Å²) in [5.74, 6) is 1.37. The van der Waals surface area contributed by atoms with Gasteiger partial charge in [0.1, 0.15) is 11.8 Å². The van der Waals surface area contributed by atoms with E-state index >= 15 is 0 Å². The second kappa shape index (κ2) is 6.73. The van der Waals surface area contributed by atoms with Crippen LogP contribution >= 0.6 is 11.8 Å². The summed E-state index contributed by atoms with van der Waals surface area (Å²) in [6, 6.07) is 6.99. The number of nitrogens with one attached hydrogen (secondary N) is 1. The molecule has 0 bridgehead atoms. The largest absolute Gasteiger partial charge is 0.469 e. The van der Waals surface area contributed by atoms with E-state index in [1.165, 1.54) is 6.26 Å². The average molecular weight is 344 g/mol. The van der Waals surface area contributed by atoms with Crippen LogP contribution in [-0.4, -0.2) is 34.4 Å². The van der Waals surface area contributed by atoms with Crippen molar-refractivity contribution in [2.75, 3.05) is 16.9 Å². The Labute approximate surface area is 145 Å².